The minimum Gasteiger partial charge on any atom is -0.379 e. The fraction of sp³-hybridized carbons (Fsp3) is 0.533. The zero-order valence-corrected chi connectivity index (χ0v) is 12.3. The Kier molecular flexibility index (Phi) is 6.28. The predicted molar refractivity (Wildman–Crippen MR) is 79.7 cm³/mol. The Balaban J connectivity index is 1.74. The van der Waals surface area contributed by atoms with Gasteiger partial charge in [-0.05, 0) is 25.6 Å². The van der Waals surface area contributed by atoms with Crippen molar-refractivity contribution in [1.82, 2.24) is 10.2 Å². The van der Waals surface area contributed by atoms with E-state index in [1.807, 2.05) is 24.3 Å². The highest BCUT2D eigenvalue weighted by Gasteiger charge is 2.13. The minimum absolute atomic E-state index is 0.339. The van der Waals surface area contributed by atoms with E-state index in [0.717, 1.165) is 51.4 Å². The third kappa shape index (κ3) is 4.46. The van der Waals surface area contributed by atoms with E-state index in [1.165, 1.54) is 0 Å². The molecule has 1 aromatic rings. The van der Waals surface area contributed by atoms with Crippen LogP contribution in [0.2, 0.25) is 5.02 Å². The van der Waals surface area contributed by atoms with Crippen molar-refractivity contribution in [3.8, 4) is 6.07 Å². The first-order valence-corrected chi connectivity index (χ1v) is 7.36. The molecule has 2 rings (SSSR count). The van der Waals surface area contributed by atoms with Crippen molar-refractivity contribution in [1.29, 1.82) is 5.26 Å². The Morgan fingerprint density at radius 1 is 1.35 bits per heavy atom. The molecule has 1 unspecified atom stereocenters. The van der Waals surface area contributed by atoms with Crippen LogP contribution in [0.25, 0.3) is 0 Å². The van der Waals surface area contributed by atoms with Crippen LogP contribution in [-0.4, -0.2) is 44.3 Å². The number of ether oxygens (including phenoxy) is 1. The van der Waals surface area contributed by atoms with Crippen molar-refractivity contribution >= 4 is 11.6 Å². The highest BCUT2D eigenvalue weighted by molar-refractivity contribution is 6.31. The number of halogens is 1. The molecule has 20 heavy (non-hydrogen) atoms. The van der Waals surface area contributed by atoms with Crippen LogP contribution >= 0.6 is 11.6 Å². The number of nitriles is 1. The van der Waals surface area contributed by atoms with Gasteiger partial charge in [-0.1, -0.05) is 29.8 Å². The summed E-state index contributed by atoms with van der Waals surface area (Å²) in [6, 6.07) is 9.42. The molecule has 1 fully saturated rings. The van der Waals surface area contributed by atoms with Crippen LogP contribution in [0.5, 0.6) is 0 Å². The Morgan fingerprint density at radius 2 is 2.10 bits per heavy atom. The molecule has 1 aliphatic rings. The smallest absolute Gasteiger partial charge is 0.122 e. The molecule has 0 aromatic heterocycles. The van der Waals surface area contributed by atoms with Crippen molar-refractivity contribution in [3.05, 3.63) is 34.9 Å². The first-order valence-electron chi connectivity index (χ1n) is 6.99. The molecule has 1 saturated heterocycles. The van der Waals surface area contributed by atoms with Gasteiger partial charge in [0.05, 0.1) is 19.3 Å². The monoisotopic (exact) mass is 293 g/mol. The predicted octanol–water partition coefficient (Wildman–Crippen LogP) is 2.22. The van der Waals surface area contributed by atoms with Gasteiger partial charge < -0.3 is 4.74 Å². The van der Waals surface area contributed by atoms with E-state index >= 15 is 0 Å². The lowest BCUT2D eigenvalue weighted by atomic mass is 10.1. The van der Waals surface area contributed by atoms with Crippen LogP contribution in [-0.2, 0) is 4.74 Å². The van der Waals surface area contributed by atoms with Crippen LogP contribution in [0.4, 0.5) is 0 Å². The fourth-order valence-electron chi connectivity index (χ4n) is 2.31. The first kappa shape index (κ1) is 15.3. The molecule has 1 N–H and O–H groups in total. The molecule has 5 heteroatoms. The molecule has 1 aromatic carbocycles. The lowest BCUT2D eigenvalue weighted by Gasteiger charge is -2.26. The Bertz CT molecular complexity index is 455. The van der Waals surface area contributed by atoms with E-state index in [2.05, 4.69) is 16.3 Å². The van der Waals surface area contributed by atoms with Crippen LogP contribution in [0.3, 0.4) is 0 Å². The molecule has 1 heterocycles. The molecule has 0 bridgehead atoms. The summed E-state index contributed by atoms with van der Waals surface area (Å²) >= 11 is 6.12. The van der Waals surface area contributed by atoms with Crippen LogP contribution in [0.1, 0.15) is 18.0 Å². The minimum atomic E-state index is -0.339. The lowest BCUT2D eigenvalue weighted by molar-refractivity contribution is 0.0374. The zero-order chi connectivity index (χ0) is 14.2. The Labute approximate surface area is 125 Å². The number of hydrogen-bond donors (Lipinski definition) is 1. The molecule has 4 nitrogen and oxygen atoms in total. The topological polar surface area (TPSA) is 48.3 Å². The molecule has 0 aliphatic carbocycles. The standard InChI is InChI=1S/C15H20ClN3O/c16-14-5-2-1-4-13(14)15(12-17)18-6-3-7-19-8-10-20-11-9-19/h1-2,4-5,15,18H,3,6-11H2. The van der Waals surface area contributed by atoms with E-state index in [-0.39, 0.29) is 6.04 Å². The van der Waals surface area contributed by atoms with Gasteiger partial charge >= 0.3 is 0 Å². The molecular formula is C15H20ClN3O. The van der Waals surface area contributed by atoms with Crippen molar-refractivity contribution in [2.24, 2.45) is 0 Å². The van der Waals surface area contributed by atoms with Gasteiger partial charge in [-0.15, -0.1) is 0 Å². The van der Waals surface area contributed by atoms with Gasteiger partial charge in [0.25, 0.3) is 0 Å². The van der Waals surface area contributed by atoms with Gasteiger partial charge in [0.1, 0.15) is 6.04 Å². The number of nitrogens with zero attached hydrogens (tertiary/aromatic N) is 2. The van der Waals surface area contributed by atoms with Crippen LogP contribution in [0, 0.1) is 11.3 Å². The first-order chi connectivity index (χ1) is 9.81. The zero-order valence-electron chi connectivity index (χ0n) is 11.5. The largest absolute Gasteiger partial charge is 0.379 e. The molecule has 0 saturated carbocycles. The average molecular weight is 294 g/mol. The molecule has 0 amide bonds. The van der Waals surface area contributed by atoms with E-state index in [4.69, 9.17) is 16.3 Å². The summed E-state index contributed by atoms with van der Waals surface area (Å²) in [6.07, 6.45) is 1.02. The van der Waals surface area contributed by atoms with Crippen LogP contribution < -0.4 is 5.32 Å². The summed E-state index contributed by atoms with van der Waals surface area (Å²) in [5.74, 6) is 0. The summed E-state index contributed by atoms with van der Waals surface area (Å²) in [4.78, 5) is 2.39. The molecule has 108 valence electrons. The number of benzene rings is 1. The molecule has 0 radical (unpaired) electrons. The molecule has 0 spiro atoms. The Morgan fingerprint density at radius 3 is 2.80 bits per heavy atom. The van der Waals surface area contributed by atoms with Crippen molar-refractivity contribution < 1.29 is 4.74 Å². The molecule has 1 aliphatic heterocycles. The SMILES string of the molecule is N#CC(NCCCN1CCOCC1)c1ccccc1Cl. The maximum atomic E-state index is 9.25. The summed E-state index contributed by atoms with van der Waals surface area (Å²) in [5, 5.41) is 13.2. The number of hydrogen-bond acceptors (Lipinski definition) is 4. The quantitative estimate of drug-likeness (QED) is 0.817. The highest BCUT2D eigenvalue weighted by Crippen LogP contribution is 2.21. The van der Waals surface area contributed by atoms with E-state index in [1.54, 1.807) is 0 Å². The van der Waals surface area contributed by atoms with Gasteiger partial charge in [-0.3, -0.25) is 10.2 Å². The fourth-order valence-corrected chi connectivity index (χ4v) is 2.55. The molecule has 1 atom stereocenters. The average Bonchev–Trinajstić information content (AvgIpc) is 2.50. The van der Waals surface area contributed by atoms with Crippen LogP contribution in [0.15, 0.2) is 24.3 Å². The maximum Gasteiger partial charge on any atom is 0.122 e. The van der Waals surface area contributed by atoms with E-state index in [0.29, 0.717) is 5.02 Å². The summed E-state index contributed by atoms with van der Waals surface area (Å²) < 4.78 is 5.32. The maximum absolute atomic E-state index is 9.25. The Hall–Kier alpha value is -1.12. The lowest BCUT2D eigenvalue weighted by Crippen LogP contribution is -2.37. The van der Waals surface area contributed by atoms with Gasteiger partial charge in [0, 0.05) is 23.7 Å². The normalized spacial score (nSPS) is 17.6. The number of rotatable bonds is 6. The van der Waals surface area contributed by atoms with Gasteiger partial charge in [-0.2, -0.15) is 5.26 Å². The van der Waals surface area contributed by atoms with E-state index < -0.39 is 0 Å². The number of nitrogens with one attached hydrogen (secondary N) is 1. The second kappa shape index (κ2) is 8.23. The van der Waals surface area contributed by atoms with Gasteiger partial charge in [-0.25, -0.2) is 0 Å². The summed E-state index contributed by atoms with van der Waals surface area (Å²) in [5.41, 5.74) is 0.850. The van der Waals surface area contributed by atoms with Gasteiger partial charge in [0.2, 0.25) is 0 Å². The van der Waals surface area contributed by atoms with Crippen molar-refractivity contribution in [2.45, 2.75) is 12.5 Å². The van der Waals surface area contributed by atoms with E-state index in [9.17, 15) is 5.26 Å². The highest BCUT2D eigenvalue weighted by atomic mass is 35.5. The van der Waals surface area contributed by atoms with Crippen molar-refractivity contribution in [3.63, 3.8) is 0 Å². The van der Waals surface area contributed by atoms with Crippen molar-refractivity contribution in [2.75, 3.05) is 39.4 Å². The summed E-state index contributed by atoms with van der Waals surface area (Å²) in [7, 11) is 0. The third-order valence-corrected chi connectivity index (χ3v) is 3.79. The second-order valence-corrected chi connectivity index (χ2v) is 5.25. The summed E-state index contributed by atoms with van der Waals surface area (Å²) in [6.45, 7) is 5.51. The van der Waals surface area contributed by atoms with Gasteiger partial charge in [0.15, 0.2) is 0 Å². The molecular weight excluding hydrogens is 274 g/mol. The second-order valence-electron chi connectivity index (χ2n) is 4.85. The third-order valence-electron chi connectivity index (χ3n) is 3.45. The number of morpholine rings is 1.